The van der Waals surface area contributed by atoms with E-state index < -0.39 is 18.6 Å². The average Bonchev–Trinajstić information content (AvgIpc) is 2.65. The van der Waals surface area contributed by atoms with Crippen LogP contribution in [0.25, 0.3) is 0 Å². The predicted molar refractivity (Wildman–Crippen MR) is 50.9 cm³/mol. The Bertz CT molecular complexity index is 227. The van der Waals surface area contributed by atoms with Crippen molar-refractivity contribution in [3.8, 4) is 0 Å². The summed E-state index contributed by atoms with van der Waals surface area (Å²) in [4.78, 5) is 11.1. The SMILES string of the molecule is O=C(CNCC(F)(F)F)NCC1CCOC1. The van der Waals surface area contributed by atoms with Crippen molar-refractivity contribution in [1.29, 1.82) is 0 Å². The minimum atomic E-state index is -4.28. The number of rotatable bonds is 5. The Morgan fingerprint density at radius 3 is 2.75 bits per heavy atom. The number of ether oxygens (including phenoxy) is 1. The van der Waals surface area contributed by atoms with Crippen molar-refractivity contribution in [2.24, 2.45) is 5.92 Å². The van der Waals surface area contributed by atoms with Crippen molar-refractivity contribution in [1.82, 2.24) is 10.6 Å². The van der Waals surface area contributed by atoms with Gasteiger partial charge >= 0.3 is 6.18 Å². The fourth-order valence-electron chi connectivity index (χ4n) is 1.38. The molecule has 0 aromatic carbocycles. The molecule has 0 aromatic rings. The second kappa shape index (κ2) is 6.05. The molecule has 1 rings (SSSR count). The van der Waals surface area contributed by atoms with Crippen LogP contribution in [0.4, 0.5) is 13.2 Å². The van der Waals surface area contributed by atoms with Gasteiger partial charge in [-0.1, -0.05) is 0 Å². The first-order chi connectivity index (χ1) is 7.47. The third-order valence-electron chi connectivity index (χ3n) is 2.22. The molecule has 0 aromatic heterocycles. The number of amides is 1. The van der Waals surface area contributed by atoms with E-state index >= 15 is 0 Å². The van der Waals surface area contributed by atoms with Crippen LogP contribution in [0.3, 0.4) is 0 Å². The summed E-state index contributed by atoms with van der Waals surface area (Å²) in [6, 6.07) is 0. The minimum Gasteiger partial charge on any atom is -0.381 e. The molecule has 94 valence electrons. The van der Waals surface area contributed by atoms with Crippen LogP contribution in [0.5, 0.6) is 0 Å². The topological polar surface area (TPSA) is 50.4 Å². The van der Waals surface area contributed by atoms with E-state index in [-0.39, 0.29) is 12.5 Å². The molecule has 7 heteroatoms. The largest absolute Gasteiger partial charge is 0.401 e. The average molecular weight is 240 g/mol. The summed E-state index contributed by atoms with van der Waals surface area (Å²) in [7, 11) is 0. The van der Waals surface area contributed by atoms with Gasteiger partial charge in [-0.25, -0.2) is 0 Å². The highest BCUT2D eigenvalue weighted by molar-refractivity contribution is 5.77. The van der Waals surface area contributed by atoms with Crippen LogP contribution in [0.1, 0.15) is 6.42 Å². The van der Waals surface area contributed by atoms with Crippen LogP contribution in [0, 0.1) is 5.92 Å². The summed E-state index contributed by atoms with van der Waals surface area (Å²) in [5, 5.41) is 4.59. The van der Waals surface area contributed by atoms with Crippen molar-refractivity contribution in [2.75, 3.05) is 32.8 Å². The van der Waals surface area contributed by atoms with Gasteiger partial charge in [0.15, 0.2) is 0 Å². The highest BCUT2D eigenvalue weighted by atomic mass is 19.4. The molecular weight excluding hydrogens is 225 g/mol. The quantitative estimate of drug-likeness (QED) is 0.726. The molecule has 1 aliphatic heterocycles. The molecule has 0 spiro atoms. The fraction of sp³-hybridized carbons (Fsp3) is 0.889. The van der Waals surface area contributed by atoms with Crippen LogP contribution >= 0.6 is 0 Å². The molecule has 1 atom stereocenters. The first-order valence-electron chi connectivity index (χ1n) is 5.09. The van der Waals surface area contributed by atoms with Gasteiger partial charge in [0.25, 0.3) is 0 Å². The fourth-order valence-corrected chi connectivity index (χ4v) is 1.38. The Morgan fingerprint density at radius 2 is 2.19 bits per heavy atom. The molecule has 0 radical (unpaired) electrons. The highest BCUT2D eigenvalue weighted by Crippen LogP contribution is 2.12. The van der Waals surface area contributed by atoms with Gasteiger partial charge in [0.05, 0.1) is 19.7 Å². The van der Waals surface area contributed by atoms with Gasteiger partial charge in [0.1, 0.15) is 0 Å². The first kappa shape index (κ1) is 13.2. The number of hydrogen-bond donors (Lipinski definition) is 2. The molecule has 0 bridgehead atoms. The zero-order valence-corrected chi connectivity index (χ0v) is 8.77. The Labute approximate surface area is 91.5 Å². The zero-order chi connectivity index (χ0) is 12.0. The van der Waals surface area contributed by atoms with Crippen LogP contribution in [0.15, 0.2) is 0 Å². The summed E-state index contributed by atoms with van der Waals surface area (Å²) in [5.41, 5.74) is 0. The molecule has 16 heavy (non-hydrogen) atoms. The van der Waals surface area contributed by atoms with E-state index in [1.807, 2.05) is 5.32 Å². The van der Waals surface area contributed by atoms with Crippen molar-refractivity contribution in [3.05, 3.63) is 0 Å². The normalized spacial score (nSPS) is 21.1. The van der Waals surface area contributed by atoms with Gasteiger partial charge in [-0.15, -0.1) is 0 Å². The van der Waals surface area contributed by atoms with Crippen LogP contribution in [0.2, 0.25) is 0 Å². The lowest BCUT2D eigenvalue weighted by Gasteiger charge is -2.11. The molecular formula is C9H15F3N2O2. The standard InChI is InChI=1S/C9H15F3N2O2/c10-9(11,12)6-13-4-8(15)14-3-7-1-2-16-5-7/h7,13H,1-6H2,(H,14,15). The van der Waals surface area contributed by atoms with Crippen molar-refractivity contribution in [2.45, 2.75) is 12.6 Å². The summed E-state index contributed by atoms with van der Waals surface area (Å²) in [5.74, 6) is -0.136. The molecule has 1 unspecified atom stereocenters. The number of carbonyl (C=O) groups excluding carboxylic acids is 1. The summed E-state index contributed by atoms with van der Waals surface area (Å²) in [6.07, 6.45) is -3.39. The smallest absolute Gasteiger partial charge is 0.381 e. The monoisotopic (exact) mass is 240 g/mol. The molecule has 4 nitrogen and oxygen atoms in total. The number of hydrogen-bond acceptors (Lipinski definition) is 3. The maximum Gasteiger partial charge on any atom is 0.401 e. The van der Waals surface area contributed by atoms with E-state index in [0.29, 0.717) is 19.8 Å². The van der Waals surface area contributed by atoms with Gasteiger partial charge < -0.3 is 15.4 Å². The molecule has 0 aliphatic carbocycles. The van der Waals surface area contributed by atoms with Gasteiger partial charge in [0.2, 0.25) is 5.91 Å². The lowest BCUT2D eigenvalue weighted by Crippen LogP contribution is -2.39. The van der Waals surface area contributed by atoms with E-state index in [4.69, 9.17) is 4.74 Å². The Morgan fingerprint density at radius 1 is 1.44 bits per heavy atom. The molecule has 1 amide bonds. The third-order valence-corrected chi connectivity index (χ3v) is 2.22. The van der Waals surface area contributed by atoms with Crippen LogP contribution < -0.4 is 10.6 Å². The van der Waals surface area contributed by atoms with E-state index in [2.05, 4.69) is 5.32 Å². The van der Waals surface area contributed by atoms with Crippen molar-refractivity contribution >= 4 is 5.91 Å². The lowest BCUT2D eigenvalue weighted by atomic mass is 10.1. The Kier molecular flexibility index (Phi) is 5.01. The third kappa shape index (κ3) is 5.92. The maximum atomic E-state index is 11.7. The Balaban J connectivity index is 2.02. The first-order valence-corrected chi connectivity index (χ1v) is 5.09. The van der Waals surface area contributed by atoms with Crippen LogP contribution in [-0.4, -0.2) is 44.9 Å². The molecule has 1 aliphatic rings. The summed E-state index contributed by atoms with van der Waals surface area (Å²) < 4.78 is 40.3. The van der Waals surface area contributed by atoms with E-state index in [1.54, 1.807) is 0 Å². The summed E-state index contributed by atoms with van der Waals surface area (Å²) in [6.45, 7) is 0.301. The zero-order valence-electron chi connectivity index (χ0n) is 8.77. The van der Waals surface area contributed by atoms with E-state index in [1.165, 1.54) is 0 Å². The van der Waals surface area contributed by atoms with E-state index in [0.717, 1.165) is 6.42 Å². The maximum absolute atomic E-state index is 11.7. The van der Waals surface area contributed by atoms with Gasteiger partial charge in [0, 0.05) is 19.1 Å². The molecule has 0 saturated carbocycles. The van der Waals surface area contributed by atoms with Gasteiger partial charge in [-0.3, -0.25) is 4.79 Å². The number of nitrogens with one attached hydrogen (secondary N) is 2. The van der Waals surface area contributed by atoms with E-state index in [9.17, 15) is 18.0 Å². The van der Waals surface area contributed by atoms with Gasteiger partial charge in [-0.2, -0.15) is 13.2 Å². The second-order valence-electron chi connectivity index (χ2n) is 3.75. The van der Waals surface area contributed by atoms with Gasteiger partial charge in [-0.05, 0) is 6.42 Å². The Hall–Kier alpha value is -0.820. The van der Waals surface area contributed by atoms with Crippen molar-refractivity contribution in [3.63, 3.8) is 0 Å². The molecule has 1 fully saturated rings. The number of alkyl halides is 3. The van der Waals surface area contributed by atoms with Crippen LogP contribution in [-0.2, 0) is 9.53 Å². The molecule has 1 heterocycles. The minimum absolute atomic E-state index is 0.284. The number of carbonyl (C=O) groups is 1. The summed E-state index contributed by atoms with van der Waals surface area (Å²) >= 11 is 0. The lowest BCUT2D eigenvalue weighted by molar-refractivity contribution is -0.128. The molecule has 2 N–H and O–H groups in total. The van der Waals surface area contributed by atoms with Crippen molar-refractivity contribution < 1.29 is 22.7 Å². The molecule has 1 saturated heterocycles. The number of halogens is 3. The predicted octanol–water partition coefficient (Wildman–Crippen LogP) is 0.291. The highest BCUT2D eigenvalue weighted by Gasteiger charge is 2.26. The second-order valence-corrected chi connectivity index (χ2v) is 3.75.